The van der Waals surface area contributed by atoms with Crippen LogP contribution in [0, 0.1) is 6.92 Å². The third kappa shape index (κ3) is 2.93. The average molecular weight is 345 g/mol. The molecule has 24 heavy (non-hydrogen) atoms. The van der Waals surface area contributed by atoms with Gasteiger partial charge in [-0.3, -0.25) is 4.79 Å². The first-order chi connectivity index (χ1) is 11.6. The molecule has 0 bridgehead atoms. The van der Waals surface area contributed by atoms with E-state index < -0.39 is 0 Å². The van der Waals surface area contributed by atoms with Crippen molar-refractivity contribution in [3.8, 4) is 5.69 Å². The molecule has 2 fully saturated rings. The Labute approximate surface area is 146 Å². The van der Waals surface area contributed by atoms with Crippen LogP contribution in [-0.4, -0.2) is 37.7 Å². The smallest absolute Gasteiger partial charge is 0.294 e. The number of nitrogens with zero attached hydrogens (tertiary/aromatic N) is 4. The van der Waals surface area contributed by atoms with Crippen molar-refractivity contribution >= 4 is 17.5 Å². The van der Waals surface area contributed by atoms with Gasteiger partial charge in [-0.05, 0) is 56.9 Å². The van der Waals surface area contributed by atoms with Crippen molar-refractivity contribution in [1.29, 1.82) is 0 Å². The molecule has 0 radical (unpaired) electrons. The normalized spacial score (nSPS) is 18.1. The maximum absolute atomic E-state index is 13.0. The number of carbonyl (C=O) groups excluding carboxylic acids is 1. The Morgan fingerprint density at radius 2 is 1.75 bits per heavy atom. The van der Waals surface area contributed by atoms with Crippen molar-refractivity contribution in [1.82, 2.24) is 19.7 Å². The van der Waals surface area contributed by atoms with E-state index in [1.165, 1.54) is 12.8 Å². The van der Waals surface area contributed by atoms with Crippen LogP contribution in [0.4, 0.5) is 0 Å². The van der Waals surface area contributed by atoms with Gasteiger partial charge < -0.3 is 4.90 Å². The summed E-state index contributed by atoms with van der Waals surface area (Å²) in [4.78, 5) is 19.5. The predicted molar refractivity (Wildman–Crippen MR) is 92.6 cm³/mol. The van der Waals surface area contributed by atoms with Gasteiger partial charge in [0.15, 0.2) is 0 Å². The largest absolute Gasteiger partial charge is 0.330 e. The van der Waals surface area contributed by atoms with Gasteiger partial charge in [0.25, 0.3) is 5.91 Å². The van der Waals surface area contributed by atoms with Crippen molar-refractivity contribution in [2.45, 2.75) is 57.5 Å². The molecule has 1 amide bonds. The maximum atomic E-state index is 13.0. The molecule has 0 unspecified atom stereocenters. The molecule has 1 heterocycles. The van der Waals surface area contributed by atoms with Gasteiger partial charge >= 0.3 is 0 Å². The van der Waals surface area contributed by atoms with E-state index in [1.807, 2.05) is 31.2 Å². The number of rotatable bonds is 4. The van der Waals surface area contributed by atoms with Crippen LogP contribution in [0.3, 0.4) is 0 Å². The van der Waals surface area contributed by atoms with Gasteiger partial charge in [-0.15, -0.1) is 5.10 Å². The van der Waals surface area contributed by atoms with Gasteiger partial charge in [-0.25, -0.2) is 9.67 Å². The summed E-state index contributed by atoms with van der Waals surface area (Å²) in [6.45, 7) is 1.87. The zero-order valence-electron chi connectivity index (χ0n) is 13.8. The molecule has 126 valence electrons. The molecule has 0 spiro atoms. The van der Waals surface area contributed by atoms with E-state index in [0.717, 1.165) is 31.4 Å². The van der Waals surface area contributed by atoms with Gasteiger partial charge in [-0.2, -0.15) is 0 Å². The highest BCUT2D eigenvalue weighted by Gasteiger charge is 2.40. The van der Waals surface area contributed by atoms with Gasteiger partial charge in [-0.1, -0.05) is 24.4 Å². The van der Waals surface area contributed by atoms with Crippen LogP contribution >= 0.6 is 11.6 Å². The lowest BCUT2D eigenvalue weighted by molar-refractivity contribution is 0.0651. The van der Waals surface area contributed by atoms with Crippen molar-refractivity contribution < 1.29 is 4.79 Å². The monoisotopic (exact) mass is 344 g/mol. The Morgan fingerprint density at radius 3 is 2.38 bits per heavy atom. The molecule has 2 aromatic rings. The number of benzene rings is 1. The van der Waals surface area contributed by atoms with Crippen molar-refractivity contribution in [2.75, 3.05) is 0 Å². The van der Waals surface area contributed by atoms with E-state index in [0.29, 0.717) is 28.8 Å². The number of carbonyl (C=O) groups is 1. The Hall–Kier alpha value is -1.88. The molecule has 1 aromatic heterocycles. The van der Waals surface area contributed by atoms with Gasteiger partial charge in [0.1, 0.15) is 5.82 Å². The standard InChI is InChI=1S/C18H21ClN4O/c1-12-20-17(21-23(12)16-8-6-13(19)7-9-16)18(24)22(15-10-11-15)14-4-2-3-5-14/h6-9,14-15H,2-5,10-11H2,1H3. The molecule has 4 rings (SSSR count). The molecule has 6 heteroatoms. The van der Waals surface area contributed by atoms with E-state index in [2.05, 4.69) is 15.0 Å². The average Bonchev–Trinajstić information content (AvgIpc) is 3.10. The van der Waals surface area contributed by atoms with Crippen LogP contribution in [0.2, 0.25) is 5.02 Å². The Bertz CT molecular complexity index is 745. The molecule has 2 aliphatic rings. The number of amides is 1. The number of hydrogen-bond acceptors (Lipinski definition) is 3. The maximum Gasteiger partial charge on any atom is 0.294 e. The van der Waals surface area contributed by atoms with E-state index in [1.54, 1.807) is 4.68 Å². The highest BCUT2D eigenvalue weighted by molar-refractivity contribution is 6.30. The zero-order valence-corrected chi connectivity index (χ0v) is 14.5. The van der Waals surface area contributed by atoms with Crippen LogP contribution in [-0.2, 0) is 0 Å². The van der Waals surface area contributed by atoms with Crippen LogP contribution in [0.1, 0.15) is 55.0 Å². The van der Waals surface area contributed by atoms with Gasteiger partial charge in [0, 0.05) is 17.1 Å². The molecule has 5 nitrogen and oxygen atoms in total. The summed E-state index contributed by atoms with van der Waals surface area (Å²) in [5, 5.41) is 5.16. The molecule has 1 aromatic carbocycles. The molecular formula is C18H21ClN4O. The van der Waals surface area contributed by atoms with Gasteiger partial charge in [0.2, 0.25) is 5.82 Å². The van der Waals surface area contributed by atoms with Crippen molar-refractivity contribution in [3.63, 3.8) is 0 Å². The van der Waals surface area contributed by atoms with Crippen LogP contribution in [0.25, 0.3) is 5.69 Å². The first kappa shape index (κ1) is 15.6. The molecule has 2 aliphatic carbocycles. The predicted octanol–water partition coefficient (Wildman–Crippen LogP) is 3.78. The molecule has 0 N–H and O–H groups in total. The summed E-state index contributed by atoms with van der Waals surface area (Å²) >= 11 is 5.94. The van der Waals surface area contributed by atoms with Crippen LogP contribution in [0.15, 0.2) is 24.3 Å². The first-order valence-electron chi connectivity index (χ1n) is 8.66. The molecule has 0 saturated heterocycles. The fourth-order valence-corrected chi connectivity index (χ4v) is 3.71. The van der Waals surface area contributed by atoms with Crippen molar-refractivity contribution in [3.05, 3.63) is 40.9 Å². The highest BCUT2D eigenvalue weighted by atomic mass is 35.5. The number of aryl methyl sites for hydroxylation is 1. The molecular weight excluding hydrogens is 324 g/mol. The van der Waals surface area contributed by atoms with Crippen LogP contribution < -0.4 is 0 Å². The van der Waals surface area contributed by atoms with E-state index in [4.69, 9.17) is 11.6 Å². The number of hydrogen-bond donors (Lipinski definition) is 0. The second kappa shape index (κ2) is 6.20. The zero-order chi connectivity index (χ0) is 16.7. The minimum atomic E-state index is -0.0137. The fourth-order valence-electron chi connectivity index (χ4n) is 3.59. The summed E-state index contributed by atoms with van der Waals surface area (Å²) < 4.78 is 1.71. The summed E-state index contributed by atoms with van der Waals surface area (Å²) in [5.41, 5.74) is 0.863. The highest BCUT2D eigenvalue weighted by Crippen LogP contribution is 2.35. The Morgan fingerprint density at radius 1 is 1.12 bits per heavy atom. The lowest BCUT2D eigenvalue weighted by Gasteiger charge is -2.27. The topological polar surface area (TPSA) is 51.0 Å². The Balaban J connectivity index is 1.62. The minimum absolute atomic E-state index is 0.0137. The second-order valence-corrected chi connectivity index (χ2v) is 7.19. The summed E-state index contributed by atoms with van der Waals surface area (Å²) in [7, 11) is 0. The number of aromatic nitrogens is 3. The molecule has 2 saturated carbocycles. The summed E-state index contributed by atoms with van der Waals surface area (Å²) in [6, 6.07) is 8.15. The quantitative estimate of drug-likeness (QED) is 0.848. The van der Waals surface area contributed by atoms with Gasteiger partial charge in [0.05, 0.1) is 5.69 Å². The molecule has 0 atom stereocenters. The molecule has 0 aliphatic heterocycles. The second-order valence-electron chi connectivity index (χ2n) is 6.75. The van der Waals surface area contributed by atoms with E-state index >= 15 is 0 Å². The van der Waals surface area contributed by atoms with E-state index in [-0.39, 0.29) is 5.91 Å². The summed E-state index contributed by atoms with van der Waals surface area (Å²) in [5.74, 6) is 1.00. The third-order valence-electron chi connectivity index (χ3n) is 4.92. The van der Waals surface area contributed by atoms with E-state index in [9.17, 15) is 4.79 Å². The third-order valence-corrected chi connectivity index (χ3v) is 5.18. The summed E-state index contributed by atoms with van der Waals surface area (Å²) in [6.07, 6.45) is 6.87. The minimum Gasteiger partial charge on any atom is -0.330 e. The fraction of sp³-hybridized carbons (Fsp3) is 0.500. The Kier molecular flexibility index (Phi) is 4.04. The SMILES string of the molecule is Cc1nc(C(=O)N(C2CCCC2)C2CC2)nn1-c1ccc(Cl)cc1. The van der Waals surface area contributed by atoms with Crippen LogP contribution in [0.5, 0.6) is 0 Å². The lowest BCUT2D eigenvalue weighted by atomic mass is 10.2. The first-order valence-corrected chi connectivity index (χ1v) is 9.03. The number of halogens is 1. The lowest BCUT2D eigenvalue weighted by Crippen LogP contribution is -2.41. The van der Waals surface area contributed by atoms with Crippen molar-refractivity contribution in [2.24, 2.45) is 0 Å².